The van der Waals surface area contributed by atoms with E-state index < -0.39 is 0 Å². The zero-order valence-electron chi connectivity index (χ0n) is 7.21. The first-order valence-electron chi connectivity index (χ1n) is 4.64. The number of aliphatic hydroxyl groups is 1. The zero-order valence-corrected chi connectivity index (χ0v) is 7.21. The minimum absolute atomic E-state index is 0.198. The standard InChI is InChI=1S/C10H15NO/c12-7-8-3-1-5-10-9(8)4-2-6-11-10/h1,3,10-12H,2,4-7H2. The zero-order chi connectivity index (χ0) is 8.39. The van der Waals surface area contributed by atoms with Crippen LogP contribution in [0.2, 0.25) is 0 Å². The highest BCUT2D eigenvalue weighted by atomic mass is 16.3. The van der Waals surface area contributed by atoms with Crippen LogP contribution in [0.15, 0.2) is 23.3 Å². The Balaban J connectivity index is 2.24. The molecule has 0 aromatic rings. The molecule has 0 aromatic carbocycles. The Morgan fingerprint density at radius 2 is 2.50 bits per heavy atom. The predicted octanol–water partition coefficient (Wildman–Crippen LogP) is 0.987. The molecule has 1 heterocycles. The molecule has 2 heteroatoms. The molecule has 2 rings (SSSR count). The van der Waals surface area contributed by atoms with Crippen molar-refractivity contribution < 1.29 is 5.11 Å². The lowest BCUT2D eigenvalue weighted by molar-refractivity contribution is 0.328. The second kappa shape index (κ2) is 3.42. The molecule has 1 saturated heterocycles. The van der Waals surface area contributed by atoms with Gasteiger partial charge in [-0.3, -0.25) is 0 Å². The average molecular weight is 165 g/mol. The molecule has 12 heavy (non-hydrogen) atoms. The van der Waals surface area contributed by atoms with Crippen LogP contribution in [-0.2, 0) is 0 Å². The van der Waals surface area contributed by atoms with Crippen LogP contribution in [0, 0.1) is 0 Å². The number of fused-ring (bicyclic) bond motifs is 1. The van der Waals surface area contributed by atoms with E-state index in [0.717, 1.165) is 25.0 Å². The number of aliphatic hydroxyl groups excluding tert-OH is 1. The van der Waals surface area contributed by atoms with Crippen LogP contribution in [0.3, 0.4) is 0 Å². The molecule has 1 fully saturated rings. The van der Waals surface area contributed by atoms with Crippen LogP contribution in [0.4, 0.5) is 0 Å². The fraction of sp³-hybridized carbons (Fsp3) is 0.600. The normalized spacial score (nSPS) is 28.9. The molecule has 66 valence electrons. The molecule has 2 aliphatic rings. The summed E-state index contributed by atoms with van der Waals surface area (Å²) in [6, 6.07) is 0.519. The molecule has 1 aliphatic carbocycles. The van der Waals surface area contributed by atoms with Crippen molar-refractivity contribution in [2.45, 2.75) is 25.3 Å². The molecule has 0 amide bonds. The van der Waals surface area contributed by atoms with Gasteiger partial charge in [0.05, 0.1) is 6.61 Å². The monoisotopic (exact) mass is 165 g/mol. The molecule has 1 atom stereocenters. The van der Waals surface area contributed by atoms with Crippen molar-refractivity contribution in [3.05, 3.63) is 23.3 Å². The van der Waals surface area contributed by atoms with Gasteiger partial charge in [0.15, 0.2) is 0 Å². The summed E-state index contributed by atoms with van der Waals surface area (Å²) in [6.07, 6.45) is 7.69. The van der Waals surface area contributed by atoms with Gasteiger partial charge in [0.1, 0.15) is 0 Å². The van der Waals surface area contributed by atoms with E-state index in [-0.39, 0.29) is 6.61 Å². The van der Waals surface area contributed by atoms with Crippen LogP contribution in [0.5, 0.6) is 0 Å². The molecule has 2 nitrogen and oxygen atoms in total. The van der Waals surface area contributed by atoms with Gasteiger partial charge in [0.25, 0.3) is 0 Å². The summed E-state index contributed by atoms with van der Waals surface area (Å²) in [6.45, 7) is 1.32. The summed E-state index contributed by atoms with van der Waals surface area (Å²) in [4.78, 5) is 0. The smallest absolute Gasteiger partial charge is 0.0681 e. The maximum Gasteiger partial charge on any atom is 0.0681 e. The van der Waals surface area contributed by atoms with Gasteiger partial charge < -0.3 is 10.4 Å². The SMILES string of the molecule is OCC1=C2CCCNC2CC=C1. The second-order valence-electron chi connectivity index (χ2n) is 3.46. The minimum atomic E-state index is 0.198. The van der Waals surface area contributed by atoms with E-state index in [1.807, 2.05) is 0 Å². The number of hydrogen-bond acceptors (Lipinski definition) is 2. The quantitative estimate of drug-likeness (QED) is 0.607. The van der Waals surface area contributed by atoms with Crippen molar-refractivity contribution in [3.8, 4) is 0 Å². The average Bonchev–Trinajstić information content (AvgIpc) is 2.17. The number of piperidine rings is 1. The van der Waals surface area contributed by atoms with Gasteiger partial charge in [-0.1, -0.05) is 12.2 Å². The van der Waals surface area contributed by atoms with E-state index in [1.165, 1.54) is 12.0 Å². The van der Waals surface area contributed by atoms with Gasteiger partial charge in [-0.2, -0.15) is 0 Å². The maximum absolute atomic E-state index is 9.09. The third-order valence-corrected chi connectivity index (χ3v) is 2.71. The Bertz CT molecular complexity index is 230. The van der Waals surface area contributed by atoms with E-state index in [4.69, 9.17) is 5.11 Å². The van der Waals surface area contributed by atoms with Gasteiger partial charge >= 0.3 is 0 Å². The lowest BCUT2D eigenvalue weighted by Gasteiger charge is -2.30. The lowest BCUT2D eigenvalue weighted by Crippen LogP contribution is -2.37. The summed E-state index contributed by atoms with van der Waals surface area (Å²) < 4.78 is 0. The molecule has 0 saturated carbocycles. The van der Waals surface area contributed by atoms with Crippen molar-refractivity contribution in [1.82, 2.24) is 5.32 Å². The first-order chi connectivity index (χ1) is 5.92. The summed E-state index contributed by atoms with van der Waals surface area (Å²) >= 11 is 0. The summed E-state index contributed by atoms with van der Waals surface area (Å²) in [5.74, 6) is 0. The van der Waals surface area contributed by atoms with Gasteiger partial charge in [0, 0.05) is 6.04 Å². The fourth-order valence-corrected chi connectivity index (χ4v) is 2.07. The molecule has 1 aliphatic heterocycles. The predicted molar refractivity (Wildman–Crippen MR) is 48.9 cm³/mol. The van der Waals surface area contributed by atoms with Crippen molar-refractivity contribution in [2.24, 2.45) is 0 Å². The Labute approximate surface area is 73.0 Å². The summed E-state index contributed by atoms with van der Waals surface area (Å²) in [5.41, 5.74) is 2.57. The fourth-order valence-electron chi connectivity index (χ4n) is 2.07. The topological polar surface area (TPSA) is 32.3 Å². The largest absolute Gasteiger partial charge is 0.392 e. The van der Waals surface area contributed by atoms with Gasteiger partial charge in [-0.25, -0.2) is 0 Å². The molecule has 1 unspecified atom stereocenters. The Morgan fingerprint density at radius 1 is 1.58 bits per heavy atom. The number of rotatable bonds is 1. The Kier molecular flexibility index (Phi) is 2.28. The number of hydrogen-bond donors (Lipinski definition) is 2. The highest BCUT2D eigenvalue weighted by molar-refractivity contribution is 5.34. The summed E-state index contributed by atoms with van der Waals surface area (Å²) in [7, 11) is 0. The minimum Gasteiger partial charge on any atom is -0.392 e. The van der Waals surface area contributed by atoms with E-state index >= 15 is 0 Å². The molecule has 0 aromatic heterocycles. The van der Waals surface area contributed by atoms with Crippen LogP contribution >= 0.6 is 0 Å². The van der Waals surface area contributed by atoms with E-state index in [0.29, 0.717) is 6.04 Å². The molecular weight excluding hydrogens is 150 g/mol. The molecular formula is C10H15NO. The first-order valence-corrected chi connectivity index (χ1v) is 4.64. The molecule has 2 N–H and O–H groups in total. The van der Waals surface area contributed by atoms with E-state index in [2.05, 4.69) is 17.5 Å². The van der Waals surface area contributed by atoms with Crippen molar-refractivity contribution in [1.29, 1.82) is 0 Å². The van der Waals surface area contributed by atoms with Crippen LogP contribution in [-0.4, -0.2) is 24.3 Å². The number of nitrogens with one attached hydrogen (secondary N) is 1. The molecule has 0 spiro atoms. The second-order valence-corrected chi connectivity index (χ2v) is 3.46. The van der Waals surface area contributed by atoms with Crippen LogP contribution in [0.25, 0.3) is 0 Å². The van der Waals surface area contributed by atoms with Gasteiger partial charge in [0.2, 0.25) is 0 Å². The first kappa shape index (κ1) is 8.02. The van der Waals surface area contributed by atoms with Gasteiger partial charge in [-0.15, -0.1) is 0 Å². The summed E-state index contributed by atoms with van der Waals surface area (Å²) in [5, 5.41) is 12.6. The maximum atomic E-state index is 9.09. The molecule has 0 radical (unpaired) electrons. The van der Waals surface area contributed by atoms with Crippen LogP contribution < -0.4 is 5.32 Å². The van der Waals surface area contributed by atoms with Gasteiger partial charge in [-0.05, 0) is 37.0 Å². The lowest BCUT2D eigenvalue weighted by atomic mass is 9.87. The van der Waals surface area contributed by atoms with Crippen LogP contribution in [0.1, 0.15) is 19.3 Å². The highest BCUT2D eigenvalue weighted by Crippen LogP contribution is 2.26. The van der Waals surface area contributed by atoms with Crippen molar-refractivity contribution in [2.75, 3.05) is 13.2 Å². The van der Waals surface area contributed by atoms with E-state index in [1.54, 1.807) is 0 Å². The van der Waals surface area contributed by atoms with E-state index in [9.17, 15) is 0 Å². The Hall–Kier alpha value is -0.600. The van der Waals surface area contributed by atoms with Crippen molar-refractivity contribution in [3.63, 3.8) is 0 Å². The molecule has 0 bridgehead atoms. The van der Waals surface area contributed by atoms with Crippen molar-refractivity contribution >= 4 is 0 Å². The third kappa shape index (κ3) is 1.32. The Morgan fingerprint density at radius 3 is 3.33 bits per heavy atom. The highest BCUT2D eigenvalue weighted by Gasteiger charge is 2.21. The third-order valence-electron chi connectivity index (χ3n) is 2.71.